The van der Waals surface area contributed by atoms with E-state index < -0.39 is 11.7 Å². The molecule has 0 bridgehead atoms. The topological polar surface area (TPSA) is 107 Å². The summed E-state index contributed by atoms with van der Waals surface area (Å²) in [6.07, 6.45) is 12.1. The summed E-state index contributed by atoms with van der Waals surface area (Å²) in [6, 6.07) is 4.47. The van der Waals surface area contributed by atoms with Gasteiger partial charge in [-0.25, -0.2) is 4.79 Å². The lowest BCUT2D eigenvalue weighted by atomic mass is 9.35. The Hall–Kier alpha value is -2.31. The molecule has 0 aliphatic heterocycles. The van der Waals surface area contributed by atoms with Crippen LogP contribution in [0, 0.1) is 45.3 Å². The number of benzene rings is 1. The number of aliphatic hydroxyl groups excluding tert-OH is 1. The van der Waals surface area contributed by atoms with Crippen LogP contribution >= 0.6 is 0 Å². The molecule has 0 saturated heterocycles. The molecule has 4 aliphatic rings. The Bertz CT molecular complexity index is 1330. The number of fused-ring (bicyclic) bond motifs is 5. The van der Waals surface area contributed by atoms with Gasteiger partial charge in [0.1, 0.15) is 6.10 Å². The second kappa shape index (κ2) is 11.7. The van der Waals surface area contributed by atoms with E-state index in [9.17, 15) is 25.2 Å². The number of phenols is 2. The molecule has 5 rings (SSSR count). The Kier molecular flexibility index (Phi) is 8.88. The lowest BCUT2D eigenvalue weighted by molar-refractivity contribution is -0.229. The number of carbonyl (C=O) groups is 1. The molecular weight excluding hydrogens is 564 g/mol. The Morgan fingerprint density at radius 3 is 2.36 bits per heavy atom. The number of ether oxygens (including phenoxy) is 1. The number of esters is 1. The van der Waals surface area contributed by atoms with Crippen LogP contribution in [0.15, 0.2) is 36.4 Å². The van der Waals surface area contributed by atoms with Gasteiger partial charge in [0.2, 0.25) is 0 Å². The third-order valence-electron chi connectivity index (χ3n) is 14.3. The highest BCUT2D eigenvalue weighted by Gasteiger charge is 2.69. The molecule has 0 amide bonds. The predicted octanol–water partition coefficient (Wildman–Crippen LogP) is 8.18. The maximum absolute atomic E-state index is 13.0. The van der Waals surface area contributed by atoms with E-state index in [-0.39, 0.29) is 51.2 Å². The van der Waals surface area contributed by atoms with E-state index in [4.69, 9.17) is 4.74 Å². The third-order valence-corrected chi connectivity index (χ3v) is 14.3. The maximum Gasteiger partial charge on any atom is 0.331 e. The first kappa shape index (κ1) is 34.0. The smallest absolute Gasteiger partial charge is 0.331 e. The third kappa shape index (κ3) is 5.66. The number of aliphatic hydroxyl groups is 2. The van der Waals surface area contributed by atoms with Crippen molar-refractivity contribution in [3.63, 3.8) is 0 Å². The first-order chi connectivity index (χ1) is 20.9. The fraction of sp³-hybridized carbons (Fsp3) is 0.718. The van der Waals surface area contributed by atoms with Crippen LogP contribution in [0.3, 0.4) is 0 Å². The zero-order valence-electron chi connectivity index (χ0n) is 28.7. The standard InChI is InChI=1S/C39H58O6/c1-24(2)28(40)16-22-39(8,44)27-15-20-37(6)26(27)11-13-32-36(5)19-18-33(35(3,4)31(36)17-21-38(32,37)7)45-34(43)14-10-25-9-12-29(41)30(42)23-25/h9-10,12,14,23,26-28,31-33,40-42,44H,1,11,13,15-22H2,2-8H3/b14-10+/t26-,27+,28+,31+,32-,33+,36+,37-,38-,39+/m1/s1. The molecule has 10 atom stereocenters. The molecule has 0 unspecified atom stereocenters. The van der Waals surface area contributed by atoms with Crippen LogP contribution in [-0.4, -0.2) is 44.2 Å². The summed E-state index contributed by atoms with van der Waals surface area (Å²) in [4.78, 5) is 13.0. The van der Waals surface area contributed by atoms with Gasteiger partial charge in [-0.2, -0.15) is 0 Å². The summed E-state index contributed by atoms with van der Waals surface area (Å²) in [6.45, 7) is 20.0. The maximum atomic E-state index is 13.0. The van der Waals surface area contributed by atoms with Gasteiger partial charge >= 0.3 is 5.97 Å². The Morgan fingerprint density at radius 1 is 1.00 bits per heavy atom. The Balaban J connectivity index is 1.30. The second-order valence-electron chi connectivity index (χ2n) is 16.9. The van der Waals surface area contributed by atoms with Gasteiger partial charge in [-0.15, -0.1) is 0 Å². The van der Waals surface area contributed by atoms with Gasteiger partial charge in [0.15, 0.2) is 11.5 Å². The van der Waals surface area contributed by atoms with Crippen molar-refractivity contribution in [1.82, 2.24) is 0 Å². The van der Waals surface area contributed by atoms with Crippen molar-refractivity contribution in [3.8, 4) is 11.5 Å². The van der Waals surface area contributed by atoms with Crippen molar-refractivity contribution in [3.05, 3.63) is 42.0 Å². The van der Waals surface area contributed by atoms with Gasteiger partial charge in [0.05, 0.1) is 11.7 Å². The highest BCUT2D eigenvalue weighted by atomic mass is 16.5. The summed E-state index contributed by atoms with van der Waals surface area (Å²) >= 11 is 0. The van der Waals surface area contributed by atoms with E-state index in [1.807, 2.05) is 13.8 Å². The van der Waals surface area contributed by atoms with Gasteiger partial charge < -0.3 is 25.2 Å². The van der Waals surface area contributed by atoms with E-state index in [0.717, 1.165) is 50.5 Å². The minimum absolute atomic E-state index is 0.152. The molecule has 4 fully saturated rings. The predicted molar refractivity (Wildman–Crippen MR) is 178 cm³/mol. The quantitative estimate of drug-likeness (QED) is 0.101. The van der Waals surface area contributed by atoms with Gasteiger partial charge in [-0.1, -0.05) is 52.8 Å². The SMILES string of the molecule is C=C(C)[C@@H](O)CC[C@](C)(O)[C@H]1CC[C@]2(C)[C@@H]1CC[C@@H]1[C@@]3(C)CC[C@H](OC(=O)/C=C/c4ccc(O)c(O)c4)C(C)(C)[C@@H]3CC[C@]12C. The molecule has 4 aliphatic carbocycles. The van der Waals surface area contributed by atoms with Crippen LogP contribution in [0.2, 0.25) is 0 Å². The zero-order valence-corrected chi connectivity index (χ0v) is 28.7. The number of rotatable bonds is 8. The van der Waals surface area contributed by atoms with Crippen molar-refractivity contribution in [2.75, 3.05) is 0 Å². The molecule has 1 aromatic carbocycles. The van der Waals surface area contributed by atoms with E-state index in [2.05, 4.69) is 41.2 Å². The molecule has 0 aromatic heterocycles. The lowest BCUT2D eigenvalue weighted by Gasteiger charge is -2.70. The molecule has 0 spiro atoms. The van der Waals surface area contributed by atoms with Gasteiger partial charge in [0, 0.05) is 11.5 Å². The fourth-order valence-electron chi connectivity index (χ4n) is 11.5. The highest BCUT2D eigenvalue weighted by Crippen LogP contribution is 2.76. The van der Waals surface area contributed by atoms with Crippen molar-refractivity contribution in [1.29, 1.82) is 0 Å². The summed E-state index contributed by atoms with van der Waals surface area (Å²) in [5.41, 5.74) is 0.905. The minimum atomic E-state index is -0.801. The Labute approximate surface area is 271 Å². The molecule has 4 saturated carbocycles. The van der Waals surface area contributed by atoms with Crippen molar-refractivity contribution < 1.29 is 30.0 Å². The number of hydrogen-bond donors (Lipinski definition) is 4. The van der Waals surface area contributed by atoms with Gasteiger partial charge in [-0.05, 0) is 142 Å². The molecule has 250 valence electrons. The highest BCUT2D eigenvalue weighted by molar-refractivity contribution is 5.87. The summed E-state index contributed by atoms with van der Waals surface area (Å²) < 4.78 is 6.14. The first-order valence-corrected chi connectivity index (χ1v) is 17.3. The van der Waals surface area contributed by atoms with Crippen LogP contribution in [0.4, 0.5) is 0 Å². The van der Waals surface area contributed by atoms with Crippen LogP contribution in [0.25, 0.3) is 6.08 Å². The largest absolute Gasteiger partial charge is 0.504 e. The van der Waals surface area contributed by atoms with Crippen molar-refractivity contribution >= 4 is 12.0 Å². The van der Waals surface area contributed by atoms with E-state index >= 15 is 0 Å². The van der Waals surface area contributed by atoms with Crippen LogP contribution in [-0.2, 0) is 9.53 Å². The molecule has 4 N–H and O–H groups in total. The molecule has 0 radical (unpaired) electrons. The van der Waals surface area contributed by atoms with Crippen LogP contribution < -0.4 is 0 Å². The van der Waals surface area contributed by atoms with E-state index in [1.165, 1.54) is 24.6 Å². The normalized spacial score (nSPS) is 39.3. The second-order valence-corrected chi connectivity index (χ2v) is 16.9. The van der Waals surface area contributed by atoms with E-state index in [1.54, 1.807) is 12.1 Å². The van der Waals surface area contributed by atoms with Crippen LogP contribution in [0.5, 0.6) is 11.5 Å². The number of phenolic OH excluding ortho intramolecular Hbond substituents is 2. The molecule has 6 nitrogen and oxygen atoms in total. The monoisotopic (exact) mass is 622 g/mol. The first-order valence-electron chi connectivity index (χ1n) is 17.3. The number of aromatic hydroxyl groups is 2. The van der Waals surface area contributed by atoms with Gasteiger partial charge in [0.25, 0.3) is 0 Å². The molecular formula is C39H58O6. The average molecular weight is 623 g/mol. The van der Waals surface area contributed by atoms with Crippen molar-refractivity contribution in [2.24, 2.45) is 45.3 Å². The summed E-state index contributed by atoms with van der Waals surface area (Å²) in [5, 5.41) is 41.5. The molecule has 1 aromatic rings. The zero-order chi connectivity index (χ0) is 33.2. The lowest BCUT2D eigenvalue weighted by Crippen LogP contribution is -2.64. The molecule has 6 heteroatoms. The molecule has 0 heterocycles. The summed E-state index contributed by atoms with van der Waals surface area (Å²) in [5.74, 6) is 0.952. The molecule has 45 heavy (non-hydrogen) atoms. The Morgan fingerprint density at radius 2 is 1.69 bits per heavy atom. The number of hydrogen-bond acceptors (Lipinski definition) is 6. The van der Waals surface area contributed by atoms with Crippen molar-refractivity contribution in [2.45, 2.75) is 130 Å². The fourth-order valence-corrected chi connectivity index (χ4v) is 11.5. The van der Waals surface area contributed by atoms with Crippen LogP contribution in [0.1, 0.15) is 118 Å². The summed E-state index contributed by atoms with van der Waals surface area (Å²) in [7, 11) is 0. The average Bonchev–Trinajstić information content (AvgIpc) is 3.33. The van der Waals surface area contributed by atoms with E-state index in [0.29, 0.717) is 36.2 Å². The van der Waals surface area contributed by atoms with Gasteiger partial charge in [-0.3, -0.25) is 0 Å². The number of carbonyl (C=O) groups excluding carboxylic acids is 1. The minimum Gasteiger partial charge on any atom is -0.504 e.